The molecule has 1 aliphatic carbocycles. The molecule has 3 rings (SSSR count). The number of benzene rings is 1. The second kappa shape index (κ2) is 8.90. The first-order valence-corrected chi connectivity index (χ1v) is 10.8. The predicted octanol–water partition coefficient (Wildman–Crippen LogP) is 1.98. The fourth-order valence-electron chi connectivity index (χ4n) is 3.75. The number of nitrogens with two attached hydrogens (primary N) is 1. The lowest BCUT2D eigenvalue weighted by molar-refractivity contribution is -0.126. The number of halogens is 1. The molecule has 1 heterocycles. The van der Waals surface area contributed by atoms with Crippen molar-refractivity contribution in [1.82, 2.24) is 9.62 Å². The van der Waals surface area contributed by atoms with Crippen molar-refractivity contribution < 1.29 is 13.2 Å². The highest BCUT2D eigenvalue weighted by Gasteiger charge is 2.36. The number of aryl methyl sites for hydroxylation is 2. The molecule has 1 aromatic carbocycles. The van der Waals surface area contributed by atoms with Gasteiger partial charge < -0.3 is 11.1 Å². The standard InChI is InChI=1S/C19H29N3O3S.ClH/c1-13-3-6-18(14(2)11-13)26(24,25)22-9-7-16(8-10-22)19(23)21-17(12-20)15-4-5-15;/h3,6,11,15-17H,4-5,7-10,12,20H2,1-2H3,(H,21,23);1H. The maximum absolute atomic E-state index is 12.9. The van der Waals surface area contributed by atoms with E-state index in [2.05, 4.69) is 5.32 Å². The van der Waals surface area contributed by atoms with E-state index in [9.17, 15) is 13.2 Å². The number of carbonyl (C=O) groups excluding carboxylic acids is 1. The first-order valence-electron chi connectivity index (χ1n) is 9.40. The van der Waals surface area contributed by atoms with Gasteiger partial charge in [0.2, 0.25) is 15.9 Å². The molecule has 1 amide bonds. The second-order valence-electron chi connectivity index (χ2n) is 7.64. The number of piperidine rings is 1. The van der Waals surface area contributed by atoms with E-state index >= 15 is 0 Å². The largest absolute Gasteiger partial charge is 0.352 e. The molecular formula is C19H30ClN3O3S. The van der Waals surface area contributed by atoms with Crippen LogP contribution in [0.3, 0.4) is 0 Å². The quantitative estimate of drug-likeness (QED) is 0.742. The molecule has 1 saturated carbocycles. The summed E-state index contributed by atoms with van der Waals surface area (Å²) in [5, 5.41) is 3.07. The van der Waals surface area contributed by atoms with Gasteiger partial charge in [0.1, 0.15) is 0 Å². The lowest BCUT2D eigenvalue weighted by Gasteiger charge is -2.31. The van der Waals surface area contributed by atoms with Crippen molar-refractivity contribution in [3.05, 3.63) is 29.3 Å². The zero-order chi connectivity index (χ0) is 18.9. The number of amides is 1. The number of nitrogens with one attached hydrogen (secondary N) is 1. The first-order chi connectivity index (χ1) is 12.3. The Morgan fingerprint density at radius 3 is 2.37 bits per heavy atom. The van der Waals surface area contributed by atoms with Gasteiger partial charge in [-0.05, 0) is 57.1 Å². The summed E-state index contributed by atoms with van der Waals surface area (Å²) in [5.41, 5.74) is 7.57. The van der Waals surface area contributed by atoms with E-state index in [0.29, 0.717) is 43.3 Å². The van der Waals surface area contributed by atoms with Gasteiger partial charge in [-0.2, -0.15) is 4.31 Å². The Labute approximate surface area is 168 Å². The summed E-state index contributed by atoms with van der Waals surface area (Å²) in [6.45, 7) is 5.00. The third kappa shape index (κ3) is 5.02. The fourth-order valence-corrected chi connectivity index (χ4v) is 5.43. The van der Waals surface area contributed by atoms with Crippen LogP contribution in [0.2, 0.25) is 0 Å². The van der Waals surface area contributed by atoms with Crippen LogP contribution in [0.4, 0.5) is 0 Å². The number of sulfonamides is 1. The highest BCUT2D eigenvalue weighted by atomic mass is 35.5. The Kier molecular flexibility index (Phi) is 7.30. The SMILES string of the molecule is Cc1ccc(S(=O)(=O)N2CCC(C(=O)NC(CN)C3CC3)CC2)c(C)c1.Cl. The molecule has 1 aliphatic heterocycles. The maximum atomic E-state index is 12.9. The Morgan fingerprint density at radius 2 is 1.85 bits per heavy atom. The summed E-state index contributed by atoms with van der Waals surface area (Å²) < 4.78 is 27.4. The van der Waals surface area contributed by atoms with E-state index in [1.54, 1.807) is 6.07 Å². The van der Waals surface area contributed by atoms with Gasteiger partial charge in [0.15, 0.2) is 0 Å². The van der Waals surface area contributed by atoms with Crippen molar-refractivity contribution in [2.45, 2.75) is 50.5 Å². The van der Waals surface area contributed by atoms with Crippen LogP contribution < -0.4 is 11.1 Å². The van der Waals surface area contributed by atoms with Crippen LogP contribution in [0.5, 0.6) is 0 Å². The van der Waals surface area contributed by atoms with E-state index in [1.165, 1.54) is 4.31 Å². The highest BCUT2D eigenvalue weighted by Crippen LogP contribution is 2.33. The van der Waals surface area contributed by atoms with Gasteiger partial charge in [0.25, 0.3) is 0 Å². The zero-order valence-electron chi connectivity index (χ0n) is 16.0. The van der Waals surface area contributed by atoms with Crippen LogP contribution in [-0.2, 0) is 14.8 Å². The Morgan fingerprint density at radius 1 is 1.22 bits per heavy atom. The lowest BCUT2D eigenvalue weighted by atomic mass is 9.96. The lowest BCUT2D eigenvalue weighted by Crippen LogP contribution is -2.48. The van der Waals surface area contributed by atoms with Crippen LogP contribution in [0.15, 0.2) is 23.1 Å². The summed E-state index contributed by atoms with van der Waals surface area (Å²) in [6, 6.07) is 5.46. The fraction of sp³-hybridized carbons (Fsp3) is 0.632. The number of rotatable bonds is 6. The molecule has 0 radical (unpaired) electrons. The zero-order valence-corrected chi connectivity index (χ0v) is 17.6. The summed E-state index contributed by atoms with van der Waals surface area (Å²) in [7, 11) is -3.51. The molecule has 27 heavy (non-hydrogen) atoms. The van der Waals surface area contributed by atoms with E-state index in [1.807, 2.05) is 26.0 Å². The molecule has 6 nitrogen and oxygen atoms in total. The molecule has 0 aromatic heterocycles. The Bertz CT molecular complexity index is 772. The summed E-state index contributed by atoms with van der Waals surface area (Å²) in [5.74, 6) is 0.415. The molecule has 2 fully saturated rings. The predicted molar refractivity (Wildman–Crippen MR) is 108 cm³/mol. The Balaban J connectivity index is 0.00000261. The average molecular weight is 416 g/mol. The number of carbonyl (C=O) groups is 1. The van der Waals surface area contributed by atoms with Gasteiger partial charge in [0, 0.05) is 31.6 Å². The average Bonchev–Trinajstić information content (AvgIpc) is 3.44. The Hall–Kier alpha value is -1.15. The molecule has 152 valence electrons. The molecule has 8 heteroatoms. The monoisotopic (exact) mass is 415 g/mol. The molecule has 1 saturated heterocycles. The smallest absolute Gasteiger partial charge is 0.243 e. The van der Waals surface area contributed by atoms with Gasteiger partial charge in [-0.25, -0.2) is 8.42 Å². The van der Waals surface area contributed by atoms with E-state index < -0.39 is 10.0 Å². The van der Waals surface area contributed by atoms with Crippen LogP contribution in [0.25, 0.3) is 0 Å². The molecular weight excluding hydrogens is 386 g/mol. The normalized spacial score (nSPS) is 20.0. The van der Waals surface area contributed by atoms with Gasteiger partial charge in [-0.3, -0.25) is 4.79 Å². The summed E-state index contributed by atoms with van der Waals surface area (Å²) in [6.07, 6.45) is 3.37. The van der Waals surface area contributed by atoms with Gasteiger partial charge in [-0.1, -0.05) is 17.7 Å². The van der Waals surface area contributed by atoms with Gasteiger partial charge in [0.05, 0.1) is 4.90 Å². The van der Waals surface area contributed by atoms with Crippen molar-refractivity contribution in [2.75, 3.05) is 19.6 Å². The molecule has 3 N–H and O–H groups in total. The van der Waals surface area contributed by atoms with Crippen molar-refractivity contribution >= 4 is 28.3 Å². The third-order valence-electron chi connectivity index (χ3n) is 5.55. The number of hydrogen-bond donors (Lipinski definition) is 2. The molecule has 0 spiro atoms. The van der Waals surface area contributed by atoms with E-state index in [4.69, 9.17) is 5.73 Å². The van der Waals surface area contributed by atoms with Crippen LogP contribution in [0, 0.1) is 25.7 Å². The number of nitrogens with zero attached hydrogens (tertiary/aromatic N) is 1. The minimum absolute atomic E-state index is 0. The van der Waals surface area contributed by atoms with Crippen LogP contribution in [-0.4, -0.2) is 44.3 Å². The molecule has 1 unspecified atom stereocenters. The van der Waals surface area contributed by atoms with Crippen LogP contribution >= 0.6 is 12.4 Å². The summed E-state index contributed by atoms with van der Waals surface area (Å²) in [4.78, 5) is 12.8. The topological polar surface area (TPSA) is 92.5 Å². The molecule has 1 atom stereocenters. The molecule has 1 aromatic rings. The van der Waals surface area contributed by atoms with Crippen molar-refractivity contribution in [3.8, 4) is 0 Å². The maximum Gasteiger partial charge on any atom is 0.243 e. The molecule has 0 bridgehead atoms. The van der Waals surface area contributed by atoms with Gasteiger partial charge in [-0.15, -0.1) is 12.4 Å². The third-order valence-corrected chi connectivity index (χ3v) is 7.60. The minimum atomic E-state index is -3.51. The molecule has 2 aliphatic rings. The number of hydrogen-bond acceptors (Lipinski definition) is 4. The van der Waals surface area contributed by atoms with E-state index in [0.717, 1.165) is 24.0 Å². The minimum Gasteiger partial charge on any atom is -0.352 e. The van der Waals surface area contributed by atoms with Crippen molar-refractivity contribution in [2.24, 2.45) is 17.6 Å². The van der Waals surface area contributed by atoms with Crippen molar-refractivity contribution in [3.63, 3.8) is 0 Å². The highest BCUT2D eigenvalue weighted by molar-refractivity contribution is 7.89. The van der Waals surface area contributed by atoms with E-state index in [-0.39, 0.29) is 30.3 Å². The second-order valence-corrected chi connectivity index (χ2v) is 9.54. The van der Waals surface area contributed by atoms with Gasteiger partial charge >= 0.3 is 0 Å². The summed E-state index contributed by atoms with van der Waals surface area (Å²) >= 11 is 0. The first kappa shape index (κ1) is 22.1. The van der Waals surface area contributed by atoms with Crippen molar-refractivity contribution in [1.29, 1.82) is 0 Å². The van der Waals surface area contributed by atoms with Crippen LogP contribution in [0.1, 0.15) is 36.8 Å².